The molecule has 1 aliphatic rings. The van der Waals surface area contributed by atoms with Gasteiger partial charge in [-0.2, -0.15) is 0 Å². The van der Waals surface area contributed by atoms with Gasteiger partial charge in [0.25, 0.3) is 0 Å². The summed E-state index contributed by atoms with van der Waals surface area (Å²) in [5, 5.41) is 0. The first kappa shape index (κ1) is 10.7. The van der Waals surface area contributed by atoms with E-state index in [1.165, 1.54) is 6.42 Å². The molecule has 1 atom stereocenters. The summed E-state index contributed by atoms with van der Waals surface area (Å²) in [6.07, 6.45) is 5.42. The molecule has 0 saturated carbocycles. The van der Waals surface area contributed by atoms with E-state index in [1.807, 2.05) is 13.0 Å². The van der Waals surface area contributed by atoms with Crippen LogP contribution in [-0.2, 0) is 9.47 Å². The molecular weight excluding hydrogens is 166 g/mol. The molecule has 0 amide bonds. The van der Waals surface area contributed by atoms with E-state index in [4.69, 9.17) is 15.2 Å². The van der Waals surface area contributed by atoms with Gasteiger partial charge in [-0.3, -0.25) is 0 Å². The van der Waals surface area contributed by atoms with Crippen molar-refractivity contribution in [1.29, 1.82) is 0 Å². The van der Waals surface area contributed by atoms with Crippen molar-refractivity contribution >= 4 is 0 Å². The van der Waals surface area contributed by atoms with Crippen LogP contribution in [0.5, 0.6) is 0 Å². The molecule has 0 radical (unpaired) electrons. The van der Waals surface area contributed by atoms with Crippen molar-refractivity contribution < 1.29 is 9.47 Å². The fraction of sp³-hybridized carbons (Fsp3) is 0.800. The summed E-state index contributed by atoms with van der Waals surface area (Å²) < 4.78 is 10.9. The average Bonchev–Trinajstić information content (AvgIpc) is 2.19. The van der Waals surface area contributed by atoms with Crippen molar-refractivity contribution in [1.82, 2.24) is 0 Å². The predicted octanol–water partition coefficient (Wildman–Crippen LogP) is 1.43. The summed E-state index contributed by atoms with van der Waals surface area (Å²) in [5.74, 6) is 0. The molecule has 1 rings (SSSR count). The van der Waals surface area contributed by atoms with E-state index in [9.17, 15) is 0 Å². The fourth-order valence-electron chi connectivity index (χ4n) is 1.22. The number of rotatable bonds is 4. The number of ether oxygens (including phenoxy) is 2. The highest BCUT2D eigenvalue weighted by Gasteiger charge is 2.12. The summed E-state index contributed by atoms with van der Waals surface area (Å²) >= 11 is 0. The zero-order valence-corrected chi connectivity index (χ0v) is 8.29. The van der Waals surface area contributed by atoms with Gasteiger partial charge in [0.05, 0.1) is 6.61 Å². The monoisotopic (exact) mass is 185 g/mol. The van der Waals surface area contributed by atoms with E-state index in [1.54, 1.807) is 0 Å². The second-order valence-corrected chi connectivity index (χ2v) is 3.38. The molecule has 3 heteroatoms. The van der Waals surface area contributed by atoms with Gasteiger partial charge in [-0.05, 0) is 26.2 Å². The van der Waals surface area contributed by atoms with Crippen LogP contribution >= 0.6 is 0 Å². The Hall–Kier alpha value is -0.380. The molecule has 0 bridgehead atoms. The third-order valence-electron chi connectivity index (χ3n) is 2.17. The van der Waals surface area contributed by atoms with E-state index in [0.717, 1.165) is 25.0 Å². The van der Waals surface area contributed by atoms with E-state index >= 15 is 0 Å². The molecule has 0 unspecified atom stereocenters. The Morgan fingerprint density at radius 1 is 1.62 bits per heavy atom. The molecule has 0 aromatic heterocycles. The first-order valence-corrected chi connectivity index (χ1v) is 4.92. The molecule has 13 heavy (non-hydrogen) atoms. The molecule has 3 nitrogen and oxygen atoms in total. The standard InChI is InChI=1S/C10H19NO2/c1-9(8-11)5-7-13-10-4-2-3-6-12-10/h5,10H,2-4,6-8,11H2,1H3/b9-5+/t10-/m0/s1. The van der Waals surface area contributed by atoms with Crippen LogP contribution in [0.15, 0.2) is 11.6 Å². The molecule has 0 aliphatic carbocycles. The summed E-state index contributed by atoms with van der Waals surface area (Å²) in [6.45, 7) is 4.07. The second kappa shape index (κ2) is 6.13. The zero-order chi connectivity index (χ0) is 9.52. The van der Waals surface area contributed by atoms with Crippen molar-refractivity contribution in [2.45, 2.75) is 32.5 Å². The Morgan fingerprint density at radius 3 is 3.08 bits per heavy atom. The first-order chi connectivity index (χ1) is 6.33. The molecule has 2 N–H and O–H groups in total. The largest absolute Gasteiger partial charge is 0.353 e. The Balaban J connectivity index is 2.10. The Kier molecular flexibility index (Phi) is 5.05. The maximum Gasteiger partial charge on any atom is 0.157 e. The molecule has 1 aliphatic heterocycles. The van der Waals surface area contributed by atoms with Gasteiger partial charge < -0.3 is 15.2 Å². The summed E-state index contributed by atoms with van der Waals surface area (Å²) in [6, 6.07) is 0. The van der Waals surface area contributed by atoms with Crippen LogP contribution in [0.1, 0.15) is 26.2 Å². The van der Waals surface area contributed by atoms with Crippen molar-refractivity contribution in [3.63, 3.8) is 0 Å². The lowest BCUT2D eigenvalue weighted by Gasteiger charge is -2.22. The minimum atomic E-state index is 0.00979. The van der Waals surface area contributed by atoms with Crippen LogP contribution in [0.25, 0.3) is 0 Å². The maximum absolute atomic E-state index is 5.50. The van der Waals surface area contributed by atoms with Crippen molar-refractivity contribution in [3.05, 3.63) is 11.6 Å². The molecule has 1 heterocycles. The van der Waals surface area contributed by atoms with Crippen LogP contribution in [0.3, 0.4) is 0 Å². The second-order valence-electron chi connectivity index (χ2n) is 3.38. The van der Waals surface area contributed by atoms with Crippen molar-refractivity contribution in [3.8, 4) is 0 Å². The molecule has 0 aromatic carbocycles. The first-order valence-electron chi connectivity index (χ1n) is 4.92. The van der Waals surface area contributed by atoms with Crippen LogP contribution in [0, 0.1) is 0 Å². The van der Waals surface area contributed by atoms with Gasteiger partial charge >= 0.3 is 0 Å². The van der Waals surface area contributed by atoms with Crippen LogP contribution in [0.2, 0.25) is 0 Å². The van der Waals surface area contributed by atoms with Gasteiger partial charge in [0.15, 0.2) is 6.29 Å². The van der Waals surface area contributed by atoms with E-state index in [-0.39, 0.29) is 6.29 Å². The van der Waals surface area contributed by atoms with E-state index < -0.39 is 0 Å². The zero-order valence-electron chi connectivity index (χ0n) is 8.29. The predicted molar refractivity (Wildman–Crippen MR) is 52.4 cm³/mol. The summed E-state index contributed by atoms with van der Waals surface area (Å²) in [5.41, 5.74) is 6.60. The quantitative estimate of drug-likeness (QED) is 0.674. The highest BCUT2D eigenvalue weighted by Crippen LogP contribution is 2.13. The van der Waals surface area contributed by atoms with Crippen molar-refractivity contribution in [2.75, 3.05) is 19.8 Å². The summed E-state index contributed by atoms with van der Waals surface area (Å²) in [7, 11) is 0. The highest BCUT2D eigenvalue weighted by molar-refractivity contribution is 4.98. The summed E-state index contributed by atoms with van der Waals surface area (Å²) in [4.78, 5) is 0. The molecule has 76 valence electrons. The van der Waals surface area contributed by atoms with Crippen molar-refractivity contribution in [2.24, 2.45) is 5.73 Å². The minimum Gasteiger partial charge on any atom is -0.353 e. The molecule has 1 fully saturated rings. The van der Waals surface area contributed by atoms with Gasteiger partial charge in [-0.1, -0.05) is 11.6 Å². The van der Waals surface area contributed by atoms with E-state index in [0.29, 0.717) is 13.2 Å². The molecular formula is C10H19NO2. The average molecular weight is 185 g/mol. The Bertz CT molecular complexity index is 162. The lowest BCUT2D eigenvalue weighted by molar-refractivity contribution is -0.155. The molecule has 1 saturated heterocycles. The Labute approximate surface area is 79.9 Å². The number of hydrogen-bond acceptors (Lipinski definition) is 3. The fourth-order valence-corrected chi connectivity index (χ4v) is 1.22. The van der Waals surface area contributed by atoms with Gasteiger partial charge in [0.1, 0.15) is 0 Å². The van der Waals surface area contributed by atoms with Gasteiger partial charge in [0.2, 0.25) is 0 Å². The maximum atomic E-state index is 5.50. The van der Waals surface area contributed by atoms with Gasteiger partial charge in [0, 0.05) is 13.2 Å². The number of nitrogens with two attached hydrogens (primary N) is 1. The number of hydrogen-bond donors (Lipinski definition) is 1. The third kappa shape index (κ3) is 4.41. The van der Waals surface area contributed by atoms with Crippen LogP contribution < -0.4 is 5.73 Å². The lowest BCUT2D eigenvalue weighted by atomic mass is 10.2. The Morgan fingerprint density at radius 2 is 2.46 bits per heavy atom. The van der Waals surface area contributed by atoms with Crippen LogP contribution in [-0.4, -0.2) is 26.0 Å². The topological polar surface area (TPSA) is 44.5 Å². The SMILES string of the molecule is C/C(=C\CO[C@H]1CCCCO1)CN. The lowest BCUT2D eigenvalue weighted by Crippen LogP contribution is -2.22. The van der Waals surface area contributed by atoms with Gasteiger partial charge in [-0.15, -0.1) is 0 Å². The third-order valence-corrected chi connectivity index (χ3v) is 2.17. The smallest absolute Gasteiger partial charge is 0.157 e. The molecule has 0 aromatic rings. The normalized spacial score (nSPS) is 24.8. The van der Waals surface area contributed by atoms with Gasteiger partial charge in [-0.25, -0.2) is 0 Å². The van der Waals surface area contributed by atoms with Crippen LogP contribution in [0.4, 0.5) is 0 Å². The van der Waals surface area contributed by atoms with E-state index in [2.05, 4.69) is 0 Å². The minimum absolute atomic E-state index is 0.00979. The highest BCUT2D eigenvalue weighted by atomic mass is 16.7. The molecule has 0 spiro atoms.